The van der Waals surface area contributed by atoms with Crippen LogP contribution < -0.4 is 5.32 Å². The molecule has 1 unspecified atom stereocenters. The van der Waals surface area contributed by atoms with E-state index in [0.29, 0.717) is 19.7 Å². The third-order valence-electron chi connectivity index (χ3n) is 4.70. The van der Waals surface area contributed by atoms with Crippen LogP contribution in [0.5, 0.6) is 0 Å². The molecule has 0 bridgehead atoms. The molecular formula is C22H26N2O3S. The van der Waals surface area contributed by atoms with E-state index in [1.807, 2.05) is 60.7 Å². The Morgan fingerprint density at radius 2 is 1.68 bits per heavy atom. The van der Waals surface area contributed by atoms with Gasteiger partial charge in [-0.3, -0.25) is 4.79 Å². The second kappa shape index (κ2) is 10.2. The molecular weight excluding hydrogens is 372 g/mol. The molecule has 1 saturated heterocycles. The Labute approximate surface area is 170 Å². The predicted octanol–water partition coefficient (Wildman–Crippen LogP) is 4.26. The van der Waals surface area contributed by atoms with Gasteiger partial charge in [0.2, 0.25) is 5.91 Å². The lowest BCUT2D eigenvalue weighted by atomic mass is 10.0. The van der Waals surface area contributed by atoms with Crippen LogP contribution in [0.4, 0.5) is 4.79 Å². The summed E-state index contributed by atoms with van der Waals surface area (Å²) in [6, 6.07) is 19.9. The standard InChI is InChI=1S/C22H26N2O3S/c1-2-27-22(26)24-15-13-18(14-16-24)23-21(25)20(17-9-5-3-6-10-17)28-19-11-7-4-8-12-19/h3-12,18,20H,2,13-16H2,1H3,(H,23,25). The first kappa shape index (κ1) is 20.3. The molecule has 3 rings (SSSR count). The molecule has 1 aliphatic heterocycles. The van der Waals surface area contributed by atoms with Gasteiger partial charge in [0.05, 0.1) is 6.61 Å². The maximum atomic E-state index is 13.1. The van der Waals surface area contributed by atoms with Crippen molar-refractivity contribution in [1.29, 1.82) is 0 Å². The first-order chi connectivity index (χ1) is 13.7. The summed E-state index contributed by atoms with van der Waals surface area (Å²) >= 11 is 1.55. The zero-order valence-corrected chi connectivity index (χ0v) is 16.9. The summed E-state index contributed by atoms with van der Waals surface area (Å²) < 4.78 is 5.06. The van der Waals surface area contributed by atoms with Crippen LogP contribution in [-0.2, 0) is 9.53 Å². The summed E-state index contributed by atoms with van der Waals surface area (Å²) in [7, 11) is 0. The molecule has 0 spiro atoms. The van der Waals surface area contributed by atoms with E-state index in [-0.39, 0.29) is 23.3 Å². The van der Waals surface area contributed by atoms with Gasteiger partial charge < -0.3 is 15.0 Å². The topological polar surface area (TPSA) is 58.6 Å². The number of rotatable bonds is 6. The average Bonchev–Trinajstić information content (AvgIpc) is 2.74. The van der Waals surface area contributed by atoms with Gasteiger partial charge in [-0.2, -0.15) is 0 Å². The summed E-state index contributed by atoms with van der Waals surface area (Å²) in [4.78, 5) is 27.7. The molecule has 0 aliphatic carbocycles. The minimum Gasteiger partial charge on any atom is -0.450 e. The van der Waals surface area contributed by atoms with E-state index in [0.717, 1.165) is 23.3 Å². The Balaban J connectivity index is 1.63. The summed E-state index contributed by atoms with van der Waals surface area (Å²) in [5.74, 6) is 0.00892. The molecule has 2 amide bonds. The third-order valence-corrected chi connectivity index (χ3v) is 5.97. The Hall–Kier alpha value is -2.47. The average molecular weight is 399 g/mol. The van der Waals surface area contributed by atoms with Gasteiger partial charge in [0, 0.05) is 24.0 Å². The molecule has 2 aromatic rings. The highest BCUT2D eigenvalue weighted by molar-refractivity contribution is 8.00. The van der Waals surface area contributed by atoms with Gasteiger partial charge in [0.25, 0.3) is 0 Å². The monoisotopic (exact) mass is 398 g/mol. The van der Waals surface area contributed by atoms with Crippen LogP contribution in [-0.4, -0.2) is 42.6 Å². The lowest BCUT2D eigenvalue weighted by Crippen LogP contribution is -2.47. The van der Waals surface area contributed by atoms with E-state index in [9.17, 15) is 9.59 Å². The minimum atomic E-state index is -0.313. The van der Waals surface area contributed by atoms with Crippen LogP contribution in [0, 0.1) is 0 Å². The molecule has 0 saturated carbocycles. The number of nitrogens with zero attached hydrogens (tertiary/aromatic N) is 1. The van der Waals surface area contributed by atoms with Crippen LogP contribution in [0.25, 0.3) is 0 Å². The second-order valence-corrected chi connectivity index (χ2v) is 7.87. The van der Waals surface area contributed by atoms with Crippen LogP contribution >= 0.6 is 11.8 Å². The van der Waals surface area contributed by atoms with Crippen LogP contribution in [0.1, 0.15) is 30.6 Å². The van der Waals surface area contributed by atoms with Crippen molar-refractivity contribution in [2.24, 2.45) is 0 Å². The largest absolute Gasteiger partial charge is 0.450 e. The number of likely N-dealkylation sites (tertiary alicyclic amines) is 1. The number of thioether (sulfide) groups is 1. The number of piperidine rings is 1. The van der Waals surface area contributed by atoms with Crippen LogP contribution in [0.15, 0.2) is 65.6 Å². The van der Waals surface area contributed by atoms with Crippen molar-refractivity contribution in [3.8, 4) is 0 Å². The van der Waals surface area contributed by atoms with Crippen LogP contribution in [0.3, 0.4) is 0 Å². The molecule has 1 aliphatic rings. The molecule has 1 atom stereocenters. The number of benzene rings is 2. The van der Waals surface area contributed by atoms with Crippen molar-refractivity contribution in [3.63, 3.8) is 0 Å². The molecule has 148 valence electrons. The molecule has 5 nitrogen and oxygen atoms in total. The molecule has 2 aromatic carbocycles. The fourth-order valence-corrected chi connectivity index (χ4v) is 4.29. The minimum absolute atomic E-state index is 0.00892. The Morgan fingerprint density at radius 1 is 1.07 bits per heavy atom. The Bertz CT molecular complexity index is 762. The number of hydrogen-bond acceptors (Lipinski definition) is 4. The summed E-state index contributed by atoms with van der Waals surface area (Å²) in [5.41, 5.74) is 0.984. The van der Waals surface area contributed by atoms with E-state index >= 15 is 0 Å². The fraction of sp³-hybridized carbons (Fsp3) is 0.364. The normalized spacial score (nSPS) is 15.7. The second-order valence-electron chi connectivity index (χ2n) is 6.69. The van der Waals surface area contributed by atoms with Crippen LogP contribution in [0.2, 0.25) is 0 Å². The molecule has 1 fully saturated rings. The van der Waals surface area contributed by atoms with Gasteiger partial charge in [0.1, 0.15) is 5.25 Å². The predicted molar refractivity (Wildman–Crippen MR) is 111 cm³/mol. The summed E-state index contributed by atoms with van der Waals surface area (Å²) in [6.07, 6.45) is 1.21. The molecule has 1 N–H and O–H groups in total. The van der Waals surface area contributed by atoms with Gasteiger partial charge in [-0.25, -0.2) is 4.79 Å². The first-order valence-corrected chi connectivity index (χ1v) is 10.5. The molecule has 0 aromatic heterocycles. The van der Waals surface area contributed by atoms with E-state index in [4.69, 9.17) is 4.74 Å². The lowest BCUT2D eigenvalue weighted by Gasteiger charge is -2.32. The number of ether oxygens (including phenoxy) is 1. The number of hydrogen-bond donors (Lipinski definition) is 1. The molecule has 1 heterocycles. The fourth-order valence-electron chi connectivity index (χ4n) is 3.23. The van der Waals surface area contributed by atoms with Gasteiger partial charge in [0.15, 0.2) is 0 Å². The van der Waals surface area contributed by atoms with Gasteiger partial charge in [-0.15, -0.1) is 11.8 Å². The summed E-state index contributed by atoms with van der Waals surface area (Å²) in [5, 5.41) is 2.88. The SMILES string of the molecule is CCOC(=O)N1CCC(NC(=O)C(Sc2ccccc2)c2ccccc2)CC1. The maximum absolute atomic E-state index is 13.1. The van der Waals surface area contributed by atoms with E-state index in [2.05, 4.69) is 5.32 Å². The Morgan fingerprint density at radius 3 is 2.29 bits per heavy atom. The van der Waals surface area contributed by atoms with Crippen molar-refractivity contribution in [2.75, 3.05) is 19.7 Å². The van der Waals surface area contributed by atoms with E-state index < -0.39 is 0 Å². The van der Waals surface area contributed by atoms with Crippen molar-refractivity contribution in [3.05, 3.63) is 66.2 Å². The summed E-state index contributed by atoms with van der Waals surface area (Å²) in [6.45, 7) is 3.39. The molecule has 6 heteroatoms. The smallest absolute Gasteiger partial charge is 0.409 e. The highest BCUT2D eigenvalue weighted by Gasteiger charge is 2.28. The highest BCUT2D eigenvalue weighted by Crippen LogP contribution is 2.35. The maximum Gasteiger partial charge on any atom is 0.409 e. The van der Waals surface area contributed by atoms with E-state index in [1.165, 1.54) is 0 Å². The van der Waals surface area contributed by atoms with Gasteiger partial charge in [-0.05, 0) is 37.5 Å². The van der Waals surface area contributed by atoms with Crippen molar-refractivity contribution in [1.82, 2.24) is 10.2 Å². The zero-order valence-electron chi connectivity index (χ0n) is 16.0. The first-order valence-electron chi connectivity index (χ1n) is 9.66. The van der Waals surface area contributed by atoms with Gasteiger partial charge >= 0.3 is 6.09 Å². The lowest BCUT2D eigenvalue weighted by molar-refractivity contribution is -0.121. The highest BCUT2D eigenvalue weighted by atomic mass is 32.2. The molecule has 0 radical (unpaired) electrons. The van der Waals surface area contributed by atoms with Crippen molar-refractivity contribution < 1.29 is 14.3 Å². The van der Waals surface area contributed by atoms with Gasteiger partial charge in [-0.1, -0.05) is 48.5 Å². The number of carbonyl (C=O) groups excluding carboxylic acids is 2. The zero-order chi connectivity index (χ0) is 19.8. The number of nitrogens with one attached hydrogen (secondary N) is 1. The third kappa shape index (κ3) is 5.52. The van der Waals surface area contributed by atoms with E-state index in [1.54, 1.807) is 23.6 Å². The number of amides is 2. The molecule has 28 heavy (non-hydrogen) atoms. The van der Waals surface area contributed by atoms with Crippen molar-refractivity contribution >= 4 is 23.8 Å². The quantitative estimate of drug-likeness (QED) is 0.739. The Kier molecular flexibility index (Phi) is 7.37. The number of carbonyl (C=O) groups is 2. The van der Waals surface area contributed by atoms with Crippen molar-refractivity contribution in [2.45, 2.75) is 36.0 Å².